The van der Waals surface area contributed by atoms with Crippen LogP contribution < -0.4 is 9.80 Å². The van der Waals surface area contributed by atoms with E-state index in [0.29, 0.717) is 5.91 Å². The third kappa shape index (κ3) is 2.81. The summed E-state index contributed by atoms with van der Waals surface area (Å²) in [7, 11) is 0. The summed E-state index contributed by atoms with van der Waals surface area (Å²) in [6.07, 6.45) is 6.44. The van der Waals surface area contributed by atoms with Gasteiger partial charge in [-0.15, -0.1) is 0 Å². The molecule has 0 N–H and O–H groups in total. The van der Waals surface area contributed by atoms with Crippen LogP contribution in [0.4, 0.5) is 11.4 Å². The van der Waals surface area contributed by atoms with Crippen LogP contribution in [0, 0.1) is 5.92 Å². The third-order valence-electron chi connectivity index (χ3n) is 5.09. The van der Waals surface area contributed by atoms with E-state index in [1.807, 2.05) is 29.4 Å². The van der Waals surface area contributed by atoms with Gasteiger partial charge >= 0.3 is 0 Å². The van der Waals surface area contributed by atoms with Crippen molar-refractivity contribution in [3.05, 3.63) is 52.8 Å². The number of nitrogens with zero attached hydrogens (tertiary/aromatic N) is 3. The van der Waals surface area contributed by atoms with Crippen LogP contribution in [0.2, 0.25) is 0 Å². The zero-order valence-corrected chi connectivity index (χ0v) is 15.1. The second-order valence-corrected chi connectivity index (χ2v) is 7.31. The number of hydrogen-bond acceptors (Lipinski definition) is 3. The minimum absolute atomic E-state index is 0.132. The zero-order chi connectivity index (χ0) is 16.5. The molecule has 2 aromatic rings. The van der Waals surface area contributed by atoms with E-state index in [2.05, 4.69) is 44.0 Å². The molecule has 124 valence electrons. The van der Waals surface area contributed by atoms with Gasteiger partial charge in [-0.3, -0.25) is 9.78 Å². The van der Waals surface area contributed by atoms with Gasteiger partial charge in [-0.2, -0.15) is 0 Å². The SMILES string of the molecule is O=C(C1CCN(c2ccncc2Br)CC1)N1CCc2ccccc21. The van der Waals surface area contributed by atoms with E-state index in [1.54, 1.807) is 0 Å². The van der Waals surface area contributed by atoms with E-state index in [9.17, 15) is 4.79 Å². The molecule has 5 heteroatoms. The average Bonchev–Trinajstić information content (AvgIpc) is 3.06. The number of hydrogen-bond donors (Lipinski definition) is 0. The Morgan fingerprint density at radius 3 is 2.67 bits per heavy atom. The largest absolute Gasteiger partial charge is 0.370 e. The lowest BCUT2D eigenvalue weighted by atomic mass is 9.95. The fourth-order valence-electron chi connectivity index (χ4n) is 3.78. The van der Waals surface area contributed by atoms with Gasteiger partial charge in [0.2, 0.25) is 5.91 Å². The molecule has 0 saturated carbocycles. The van der Waals surface area contributed by atoms with E-state index < -0.39 is 0 Å². The number of rotatable bonds is 2. The first-order valence-electron chi connectivity index (χ1n) is 8.48. The van der Waals surface area contributed by atoms with Gasteiger partial charge < -0.3 is 9.80 Å². The van der Waals surface area contributed by atoms with E-state index in [-0.39, 0.29) is 5.92 Å². The summed E-state index contributed by atoms with van der Waals surface area (Å²) in [6, 6.07) is 10.3. The molecule has 1 aromatic heterocycles. The van der Waals surface area contributed by atoms with Gasteiger partial charge in [0.25, 0.3) is 0 Å². The average molecular weight is 386 g/mol. The molecular formula is C19H20BrN3O. The molecule has 3 heterocycles. The molecule has 4 rings (SSSR count). The second kappa shape index (κ2) is 6.55. The van der Waals surface area contributed by atoms with Gasteiger partial charge in [0, 0.05) is 43.6 Å². The summed E-state index contributed by atoms with van der Waals surface area (Å²) in [5, 5.41) is 0. The smallest absolute Gasteiger partial charge is 0.230 e. The molecule has 4 nitrogen and oxygen atoms in total. The van der Waals surface area contributed by atoms with Crippen LogP contribution in [0.3, 0.4) is 0 Å². The summed E-state index contributed by atoms with van der Waals surface area (Å²) < 4.78 is 1.02. The van der Waals surface area contributed by atoms with Gasteiger partial charge in [0.05, 0.1) is 10.2 Å². The van der Waals surface area contributed by atoms with E-state index >= 15 is 0 Å². The highest BCUT2D eigenvalue weighted by Gasteiger charge is 2.32. The molecule has 2 aliphatic heterocycles. The maximum Gasteiger partial charge on any atom is 0.230 e. The van der Waals surface area contributed by atoms with E-state index in [1.165, 1.54) is 11.3 Å². The molecule has 1 aromatic carbocycles. The minimum Gasteiger partial charge on any atom is -0.370 e. The molecule has 0 spiro atoms. The number of fused-ring (bicyclic) bond motifs is 1. The van der Waals surface area contributed by atoms with Gasteiger partial charge in [-0.1, -0.05) is 18.2 Å². The Hall–Kier alpha value is -1.88. The maximum absolute atomic E-state index is 13.0. The van der Waals surface area contributed by atoms with Crippen LogP contribution in [0.15, 0.2) is 47.2 Å². The lowest BCUT2D eigenvalue weighted by Crippen LogP contribution is -2.42. The lowest BCUT2D eigenvalue weighted by molar-refractivity contribution is -0.122. The van der Waals surface area contributed by atoms with Crippen molar-refractivity contribution in [3.8, 4) is 0 Å². The summed E-state index contributed by atoms with van der Waals surface area (Å²) in [5.74, 6) is 0.432. The predicted octanol–water partition coefficient (Wildman–Crippen LogP) is 3.65. The molecule has 24 heavy (non-hydrogen) atoms. The first-order chi connectivity index (χ1) is 11.7. The van der Waals surface area contributed by atoms with Crippen molar-refractivity contribution in [2.45, 2.75) is 19.3 Å². The number of para-hydroxylation sites is 1. The van der Waals surface area contributed by atoms with Gasteiger partial charge in [-0.05, 0) is 52.9 Å². The number of halogens is 1. The number of carbonyl (C=O) groups excluding carboxylic acids is 1. The summed E-state index contributed by atoms with van der Waals surface area (Å²) in [5.41, 5.74) is 3.58. The van der Waals surface area contributed by atoms with Gasteiger partial charge in [0.15, 0.2) is 0 Å². The molecule has 0 unspecified atom stereocenters. The molecular weight excluding hydrogens is 366 g/mol. The highest BCUT2D eigenvalue weighted by molar-refractivity contribution is 9.10. The zero-order valence-electron chi connectivity index (χ0n) is 13.5. The fraction of sp³-hybridized carbons (Fsp3) is 0.368. The molecule has 1 fully saturated rings. The molecule has 0 radical (unpaired) electrons. The van der Waals surface area contributed by atoms with Crippen LogP contribution in [0.25, 0.3) is 0 Å². The van der Waals surface area contributed by atoms with Gasteiger partial charge in [-0.25, -0.2) is 0 Å². The van der Waals surface area contributed by atoms with Crippen LogP contribution in [-0.2, 0) is 11.2 Å². The summed E-state index contributed by atoms with van der Waals surface area (Å²) in [4.78, 5) is 21.4. The standard InChI is InChI=1S/C19H20BrN3O/c20-16-13-21-9-5-18(16)22-10-6-15(7-11-22)19(24)23-12-8-14-3-1-2-4-17(14)23/h1-5,9,13,15H,6-8,10-12H2. The normalized spacial score (nSPS) is 17.9. The molecule has 0 aliphatic carbocycles. The van der Waals surface area contributed by atoms with Crippen molar-refractivity contribution >= 4 is 33.2 Å². The Morgan fingerprint density at radius 2 is 1.88 bits per heavy atom. The molecule has 0 atom stereocenters. The number of anilines is 2. The Morgan fingerprint density at radius 1 is 1.08 bits per heavy atom. The highest BCUT2D eigenvalue weighted by Crippen LogP contribution is 2.33. The lowest BCUT2D eigenvalue weighted by Gasteiger charge is -2.35. The first kappa shape index (κ1) is 15.6. The minimum atomic E-state index is 0.132. The number of amides is 1. The van der Waals surface area contributed by atoms with Crippen molar-refractivity contribution in [2.24, 2.45) is 5.92 Å². The van der Waals surface area contributed by atoms with Gasteiger partial charge in [0.1, 0.15) is 0 Å². The van der Waals surface area contributed by atoms with E-state index in [0.717, 1.165) is 49.1 Å². The second-order valence-electron chi connectivity index (χ2n) is 6.46. The number of aromatic nitrogens is 1. The number of pyridine rings is 1. The fourth-order valence-corrected chi connectivity index (χ4v) is 4.28. The number of carbonyl (C=O) groups is 1. The van der Waals surface area contributed by atoms with Crippen molar-refractivity contribution < 1.29 is 4.79 Å². The number of benzene rings is 1. The quantitative estimate of drug-likeness (QED) is 0.791. The predicted molar refractivity (Wildman–Crippen MR) is 99.4 cm³/mol. The molecule has 2 aliphatic rings. The summed E-state index contributed by atoms with van der Waals surface area (Å²) >= 11 is 3.57. The molecule has 0 bridgehead atoms. The summed E-state index contributed by atoms with van der Waals surface area (Å²) in [6.45, 7) is 2.65. The number of piperidine rings is 1. The molecule has 1 amide bonds. The van der Waals surface area contributed by atoms with Crippen LogP contribution in [-0.4, -0.2) is 30.5 Å². The Kier molecular flexibility index (Phi) is 4.27. The van der Waals surface area contributed by atoms with E-state index in [4.69, 9.17) is 0 Å². The van der Waals surface area contributed by atoms with Crippen LogP contribution in [0.5, 0.6) is 0 Å². The van der Waals surface area contributed by atoms with Crippen molar-refractivity contribution in [1.82, 2.24) is 4.98 Å². The maximum atomic E-state index is 13.0. The van der Waals surface area contributed by atoms with Crippen molar-refractivity contribution in [2.75, 3.05) is 29.4 Å². The van der Waals surface area contributed by atoms with Crippen molar-refractivity contribution in [3.63, 3.8) is 0 Å². The first-order valence-corrected chi connectivity index (χ1v) is 9.27. The topological polar surface area (TPSA) is 36.4 Å². The third-order valence-corrected chi connectivity index (χ3v) is 5.70. The highest BCUT2D eigenvalue weighted by atomic mass is 79.9. The Labute approximate surface area is 150 Å². The van der Waals surface area contributed by atoms with Crippen LogP contribution in [0.1, 0.15) is 18.4 Å². The monoisotopic (exact) mass is 385 g/mol. The Balaban J connectivity index is 1.43. The van der Waals surface area contributed by atoms with Crippen molar-refractivity contribution in [1.29, 1.82) is 0 Å². The molecule has 1 saturated heterocycles. The Bertz CT molecular complexity index is 756. The van der Waals surface area contributed by atoms with Crippen LogP contribution >= 0.6 is 15.9 Å².